The summed E-state index contributed by atoms with van der Waals surface area (Å²) in [6.07, 6.45) is 0.537. The van der Waals surface area contributed by atoms with Crippen molar-refractivity contribution in [1.82, 2.24) is 5.32 Å². The number of benzene rings is 1. The molecule has 1 aromatic rings. The van der Waals surface area contributed by atoms with E-state index in [-0.39, 0.29) is 5.78 Å². The van der Waals surface area contributed by atoms with Crippen LogP contribution in [0.3, 0.4) is 0 Å². The summed E-state index contributed by atoms with van der Waals surface area (Å²) >= 11 is 0. The highest BCUT2D eigenvalue weighted by atomic mass is 16.1. The van der Waals surface area contributed by atoms with Crippen LogP contribution in [-0.2, 0) is 17.8 Å². The molecule has 1 aromatic carbocycles. The summed E-state index contributed by atoms with van der Waals surface area (Å²) in [4.78, 5) is 11.0. The molecule has 0 bridgehead atoms. The molecule has 0 heterocycles. The van der Waals surface area contributed by atoms with Gasteiger partial charge >= 0.3 is 0 Å². The molecule has 15 heavy (non-hydrogen) atoms. The largest absolute Gasteiger partial charge is 0.310 e. The number of nitrogens with one attached hydrogen (secondary N) is 1. The van der Waals surface area contributed by atoms with Gasteiger partial charge in [-0.1, -0.05) is 38.1 Å². The van der Waals surface area contributed by atoms with Gasteiger partial charge in [-0.3, -0.25) is 4.79 Å². The first-order valence-corrected chi connectivity index (χ1v) is 5.38. The Bertz CT molecular complexity index is 331. The SMILES string of the molecule is CC(=O)Cc1cccc(CNC(C)C)c1. The van der Waals surface area contributed by atoms with Crippen molar-refractivity contribution in [3.63, 3.8) is 0 Å². The number of carbonyl (C=O) groups excluding carboxylic acids is 1. The number of hydrogen-bond donors (Lipinski definition) is 1. The molecule has 0 aliphatic rings. The van der Waals surface area contributed by atoms with Crippen LogP contribution in [-0.4, -0.2) is 11.8 Å². The standard InChI is InChI=1S/C13H19NO/c1-10(2)14-9-13-6-4-5-12(8-13)7-11(3)15/h4-6,8,10,14H,7,9H2,1-3H3. The molecular weight excluding hydrogens is 186 g/mol. The minimum Gasteiger partial charge on any atom is -0.310 e. The smallest absolute Gasteiger partial charge is 0.134 e. The Morgan fingerprint density at radius 2 is 2.00 bits per heavy atom. The van der Waals surface area contributed by atoms with Gasteiger partial charge in [-0.25, -0.2) is 0 Å². The second kappa shape index (κ2) is 5.66. The molecule has 1 rings (SSSR count). The van der Waals surface area contributed by atoms with E-state index in [1.165, 1.54) is 5.56 Å². The predicted molar refractivity (Wildman–Crippen MR) is 62.8 cm³/mol. The Balaban J connectivity index is 2.61. The van der Waals surface area contributed by atoms with Gasteiger partial charge in [0.25, 0.3) is 0 Å². The van der Waals surface area contributed by atoms with Crippen LogP contribution in [0.25, 0.3) is 0 Å². The second-order valence-corrected chi connectivity index (χ2v) is 4.23. The van der Waals surface area contributed by atoms with Gasteiger partial charge in [0.15, 0.2) is 0 Å². The van der Waals surface area contributed by atoms with Crippen molar-refractivity contribution in [2.75, 3.05) is 0 Å². The van der Waals surface area contributed by atoms with Crippen LogP contribution in [0.2, 0.25) is 0 Å². The summed E-state index contributed by atoms with van der Waals surface area (Å²) in [5.74, 6) is 0.212. The molecule has 82 valence electrons. The number of carbonyl (C=O) groups is 1. The van der Waals surface area contributed by atoms with E-state index < -0.39 is 0 Å². The monoisotopic (exact) mass is 205 g/mol. The van der Waals surface area contributed by atoms with Gasteiger partial charge in [0.2, 0.25) is 0 Å². The lowest BCUT2D eigenvalue weighted by Crippen LogP contribution is -2.21. The summed E-state index contributed by atoms with van der Waals surface area (Å²) in [5.41, 5.74) is 2.34. The fraction of sp³-hybridized carbons (Fsp3) is 0.462. The average Bonchev–Trinajstić information content (AvgIpc) is 2.14. The van der Waals surface area contributed by atoms with Gasteiger partial charge in [-0.2, -0.15) is 0 Å². The van der Waals surface area contributed by atoms with Gasteiger partial charge in [0.1, 0.15) is 5.78 Å². The van der Waals surface area contributed by atoms with Crippen molar-refractivity contribution in [2.45, 2.75) is 39.8 Å². The first-order valence-electron chi connectivity index (χ1n) is 5.38. The third-order valence-corrected chi connectivity index (χ3v) is 2.16. The molecule has 0 aliphatic heterocycles. The lowest BCUT2D eigenvalue weighted by molar-refractivity contribution is -0.116. The van der Waals surface area contributed by atoms with Gasteiger partial charge in [-0.05, 0) is 18.1 Å². The Hall–Kier alpha value is -1.15. The third-order valence-electron chi connectivity index (χ3n) is 2.16. The minimum absolute atomic E-state index is 0.212. The van der Waals surface area contributed by atoms with Crippen molar-refractivity contribution in [3.8, 4) is 0 Å². The molecule has 2 heteroatoms. The second-order valence-electron chi connectivity index (χ2n) is 4.23. The van der Waals surface area contributed by atoms with Crippen LogP contribution in [0.1, 0.15) is 31.9 Å². The highest BCUT2D eigenvalue weighted by molar-refractivity contribution is 5.78. The molecule has 0 spiro atoms. The summed E-state index contributed by atoms with van der Waals surface area (Å²) in [6.45, 7) is 6.74. The third kappa shape index (κ3) is 4.75. The van der Waals surface area contributed by atoms with E-state index in [0.29, 0.717) is 12.5 Å². The lowest BCUT2D eigenvalue weighted by Gasteiger charge is -2.08. The molecule has 0 aromatic heterocycles. The number of Topliss-reactive ketones (excluding diaryl/α,β-unsaturated/α-hetero) is 1. The van der Waals surface area contributed by atoms with Crippen molar-refractivity contribution < 1.29 is 4.79 Å². The number of hydrogen-bond acceptors (Lipinski definition) is 2. The van der Waals surface area contributed by atoms with Crippen LogP contribution < -0.4 is 5.32 Å². The normalized spacial score (nSPS) is 10.7. The summed E-state index contributed by atoms with van der Waals surface area (Å²) in [7, 11) is 0. The maximum Gasteiger partial charge on any atom is 0.134 e. The number of rotatable bonds is 5. The quantitative estimate of drug-likeness (QED) is 0.799. The molecule has 1 N–H and O–H groups in total. The van der Waals surface area contributed by atoms with E-state index in [0.717, 1.165) is 12.1 Å². The Morgan fingerprint density at radius 1 is 1.33 bits per heavy atom. The van der Waals surface area contributed by atoms with Crippen molar-refractivity contribution >= 4 is 5.78 Å². The summed E-state index contributed by atoms with van der Waals surface area (Å²) in [6, 6.07) is 8.67. The maximum absolute atomic E-state index is 11.0. The van der Waals surface area contributed by atoms with E-state index in [4.69, 9.17) is 0 Å². The predicted octanol–water partition coefficient (Wildman–Crippen LogP) is 2.32. The van der Waals surface area contributed by atoms with Gasteiger partial charge in [-0.15, -0.1) is 0 Å². The molecule has 0 amide bonds. The van der Waals surface area contributed by atoms with E-state index >= 15 is 0 Å². The molecule has 0 radical (unpaired) electrons. The van der Waals surface area contributed by atoms with Crippen LogP contribution in [0.15, 0.2) is 24.3 Å². The zero-order valence-corrected chi connectivity index (χ0v) is 9.71. The van der Waals surface area contributed by atoms with Gasteiger partial charge in [0, 0.05) is 19.0 Å². The summed E-state index contributed by atoms with van der Waals surface area (Å²) < 4.78 is 0. The molecule has 0 aliphatic carbocycles. The molecule has 2 nitrogen and oxygen atoms in total. The van der Waals surface area contributed by atoms with Crippen molar-refractivity contribution in [3.05, 3.63) is 35.4 Å². The maximum atomic E-state index is 11.0. The zero-order valence-electron chi connectivity index (χ0n) is 9.71. The lowest BCUT2D eigenvalue weighted by atomic mass is 10.1. The zero-order chi connectivity index (χ0) is 11.3. The first kappa shape index (κ1) is 11.9. The molecule has 0 saturated heterocycles. The fourth-order valence-electron chi connectivity index (χ4n) is 1.46. The molecule has 0 unspecified atom stereocenters. The van der Waals surface area contributed by atoms with Crippen molar-refractivity contribution in [2.24, 2.45) is 0 Å². The first-order chi connectivity index (χ1) is 7.08. The Morgan fingerprint density at radius 3 is 2.60 bits per heavy atom. The molecule has 0 atom stereocenters. The van der Waals surface area contributed by atoms with Crippen LogP contribution in [0, 0.1) is 0 Å². The van der Waals surface area contributed by atoms with E-state index in [1.807, 2.05) is 12.1 Å². The highest BCUT2D eigenvalue weighted by Gasteiger charge is 1.99. The molecular formula is C13H19NO. The van der Waals surface area contributed by atoms with E-state index in [1.54, 1.807) is 6.92 Å². The van der Waals surface area contributed by atoms with E-state index in [2.05, 4.69) is 31.3 Å². The number of ketones is 1. The Labute approximate surface area is 91.7 Å². The van der Waals surface area contributed by atoms with Gasteiger partial charge in [0.05, 0.1) is 0 Å². The molecule has 0 fully saturated rings. The van der Waals surface area contributed by atoms with Crippen LogP contribution in [0.5, 0.6) is 0 Å². The van der Waals surface area contributed by atoms with Crippen LogP contribution in [0.4, 0.5) is 0 Å². The highest BCUT2D eigenvalue weighted by Crippen LogP contribution is 2.06. The average molecular weight is 205 g/mol. The summed E-state index contributed by atoms with van der Waals surface area (Å²) in [5, 5.41) is 3.36. The van der Waals surface area contributed by atoms with Crippen LogP contribution >= 0.6 is 0 Å². The Kier molecular flexibility index (Phi) is 4.50. The topological polar surface area (TPSA) is 29.1 Å². The van der Waals surface area contributed by atoms with E-state index in [9.17, 15) is 4.79 Å². The fourth-order valence-corrected chi connectivity index (χ4v) is 1.46. The van der Waals surface area contributed by atoms with Gasteiger partial charge < -0.3 is 5.32 Å². The van der Waals surface area contributed by atoms with Crippen molar-refractivity contribution in [1.29, 1.82) is 0 Å². The minimum atomic E-state index is 0.212. The molecule has 0 saturated carbocycles.